The summed E-state index contributed by atoms with van der Waals surface area (Å²) in [5, 5.41) is 0.247. The van der Waals surface area contributed by atoms with Crippen LogP contribution in [0, 0.1) is 0 Å². The number of aromatic nitrogens is 3. The second kappa shape index (κ2) is 7.83. The van der Waals surface area contributed by atoms with Gasteiger partial charge in [-0.3, -0.25) is 9.78 Å². The Morgan fingerprint density at radius 2 is 1.39 bits per heavy atom. The van der Waals surface area contributed by atoms with Crippen LogP contribution in [0.15, 0.2) is 63.1 Å². The molecule has 0 saturated heterocycles. The zero-order chi connectivity index (χ0) is 24.1. The number of nitrogens with one attached hydrogen (secondary N) is 2. The first-order chi connectivity index (χ1) is 15.4. The Balaban J connectivity index is 1.96. The second-order valence-corrected chi connectivity index (χ2v) is 11.8. The molecule has 4 rings (SSSR count). The molecule has 0 aliphatic rings. The summed E-state index contributed by atoms with van der Waals surface area (Å²) in [4.78, 5) is 22.8. The van der Waals surface area contributed by atoms with Crippen molar-refractivity contribution in [1.82, 2.24) is 19.3 Å². The number of hydrogen-bond acceptors (Lipinski definition) is 7. The molecule has 172 valence electrons. The molecule has 4 N–H and O–H groups in total. The second-order valence-electron chi connectivity index (χ2n) is 7.66. The van der Waals surface area contributed by atoms with Crippen molar-refractivity contribution in [3.8, 4) is 22.4 Å². The molecule has 0 aliphatic heterocycles. The highest BCUT2D eigenvalue weighted by atomic mass is 32.2. The first-order valence-corrected chi connectivity index (χ1v) is 13.0. The average Bonchev–Trinajstić information content (AvgIpc) is 3.13. The van der Waals surface area contributed by atoms with Crippen LogP contribution in [0.3, 0.4) is 0 Å². The van der Waals surface area contributed by atoms with Crippen molar-refractivity contribution in [1.29, 1.82) is 0 Å². The van der Waals surface area contributed by atoms with Crippen molar-refractivity contribution in [2.24, 2.45) is 0 Å². The molecule has 2 heterocycles. The van der Waals surface area contributed by atoms with Crippen LogP contribution in [0.1, 0.15) is 0 Å². The molecule has 0 amide bonds. The number of rotatable bonds is 5. The molecule has 0 atom stereocenters. The molecule has 12 heteroatoms. The highest BCUT2D eigenvalue weighted by Gasteiger charge is 2.21. The molecular weight excluding hydrogens is 466 g/mol. The summed E-state index contributed by atoms with van der Waals surface area (Å²) in [5.74, 6) is -0.0632. The number of anilines is 1. The first-order valence-electron chi connectivity index (χ1n) is 9.64. The SMILES string of the molecule is CN(C)S(=O)(=O)c1ccc(-c2[nH]c3nc(N)[nH]c(=O)c3c2-c2ccc(S(C)(=O)=O)cc2)cc1. The summed E-state index contributed by atoms with van der Waals surface area (Å²) in [6, 6.07) is 12.3. The Labute approximate surface area is 190 Å². The van der Waals surface area contributed by atoms with Crippen molar-refractivity contribution in [2.75, 3.05) is 26.1 Å². The van der Waals surface area contributed by atoms with E-state index < -0.39 is 25.4 Å². The fraction of sp³-hybridized carbons (Fsp3) is 0.143. The van der Waals surface area contributed by atoms with Gasteiger partial charge in [-0.05, 0) is 35.4 Å². The Bertz CT molecular complexity index is 1630. The van der Waals surface area contributed by atoms with E-state index in [1.807, 2.05) is 0 Å². The van der Waals surface area contributed by atoms with Crippen LogP contribution in [-0.2, 0) is 19.9 Å². The number of H-pyrrole nitrogens is 2. The molecule has 4 aromatic rings. The van der Waals surface area contributed by atoms with Gasteiger partial charge >= 0.3 is 0 Å². The third kappa shape index (κ3) is 4.03. The topological polar surface area (TPSA) is 159 Å². The highest BCUT2D eigenvalue weighted by Crippen LogP contribution is 2.37. The van der Waals surface area contributed by atoms with Crippen LogP contribution < -0.4 is 11.3 Å². The maximum absolute atomic E-state index is 12.7. The van der Waals surface area contributed by atoms with Crippen molar-refractivity contribution < 1.29 is 16.8 Å². The van der Waals surface area contributed by atoms with Crippen molar-refractivity contribution >= 4 is 36.8 Å². The molecule has 33 heavy (non-hydrogen) atoms. The number of aromatic amines is 2. The Morgan fingerprint density at radius 3 is 1.94 bits per heavy atom. The largest absolute Gasteiger partial charge is 0.369 e. The van der Waals surface area contributed by atoms with Crippen LogP contribution >= 0.6 is 0 Å². The van der Waals surface area contributed by atoms with Crippen LogP contribution in [0.4, 0.5) is 5.95 Å². The summed E-state index contributed by atoms with van der Waals surface area (Å²) in [7, 11) is -4.12. The Morgan fingerprint density at radius 1 is 0.848 bits per heavy atom. The Kier molecular flexibility index (Phi) is 5.39. The van der Waals surface area contributed by atoms with Crippen LogP contribution in [0.2, 0.25) is 0 Å². The Hall–Kier alpha value is -3.48. The number of benzene rings is 2. The molecule has 0 aliphatic carbocycles. The van der Waals surface area contributed by atoms with Gasteiger partial charge in [-0.15, -0.1) is 0 Å². The standard InChI is InChI=1S/C21H21N5O5S2/c1-26(2)33(30,31)15-10-6-13(7-11-15)18-16(12-4-8-14(9-5-12)32(3,28)29)17-19(23-18)24-21(22)25-20(17)27/h4-11H,1-3H3,(H4,22,23,24,25,27). The van der Waals surface area contributed by atoms with E-state index in [9.17, 15) is 21.6 Å². The van der Waals surface area contributed by atoms with Crippen molar-refractivity contribution in [3.63, 3.8) is 0 Å². The lowest BCUT2D eigenvalue weighted by atomic mass is 9.99. The molecular formula is C21H21N5O5S2. The minimum absolute atomic E-state index is 0.0632. The van der Waals surface area contributed by atoms with E-state index in [0.717, 1.165) is 10.6 Å². The predicted octanol–water partition coefficient (Wildman–Crippen LogP) is 1.82. The molecule has 0 unspecified atom stereocenters. The van der Waals surface area contributed by atoms with Crippen molar-refractivity contribution in [3.05, 3.63) is 58.9 Å². The lowest BCUT2D eigenvalue weighted by Crippen LogP contribution is -2.22. The lowest BCUT2D eigenvalue weighted by Gasteiger charge is -2.12. The van der Waals surface area contributed by atoms with Gasteiger partial charge in [-0.1, -0.05) is 24.3 Å². The third-order valence-corrected chi connectivity index (χ3v) is 8.13. The number of nitrogen functional groups attached to an aromatic ring is 1. The van der Waals surface area contributed by atoms with E-state index in [-0.39, 0.29) is 26.8 Å². The van der Waals surface area contributed by atoms with Gasteiger partial charge in [-0.2, -0.15) is 4.98 Å². The van der Waals surface area contributed by atoms with Gasteiger partial charge in [-0.25, -0.2) is 21.1 Å². The van der Waals surface area contributed by atoms with E-state index in [1.165, 1.54) is 38.4 Å². The quantitative estimate of drug-likeness (QED) is 0.387. The minimum atomic E-state index is -3.61. The first kappa shape index (κ1) is 22.7. The third-order valence-electron chi connectivity index (χ3n) is 5.17. The number of sulfonamides is 1. The van der Waals surface area contributed by atoms with Crippen LogP contribution in [-0.4, -0.2) is 56.4 Å². The number of sulfone groups is 1. The fourth-order valence-corrected chi connectivity index (χ4v) is 5.03. The smallest absolute Gasteiger partial charge is 0.262 e. The van der Waals surface area contributed by atoms with Gasteiger partial charge in [0.05, 0.1) is 20.9 Å². The predicted molar refractivity (Wildman–Crippen MR) is 126 cm³/mol. The number of nitrogens with zero attached hydrogens (tertiary/aromatic N) is 2. The van der Waals surface area contributed by atoms with E-state index in [2.05, 4.69) is 15.0 Å². The maximum Gasteiger partial charge on any atom is 0.262 e. The van der Waals surface area contributed by atoms with Gasteiger partial charge in [0.25, 0.3) is 5.56 Å². The highest BCUT2D eigenvalue weighted by molar-refractivity contribution is 7.90. The lowest BCUT2D eigenvalue weighted by molar-refractivity contribution is 0.521. The summed E-state index contributed by atoms with van der Waals surface area (Å²) in [6.07, 6.45) is 1.11. The van der Waals surface area contributed by atoms with E-state index in [0.29, 0.717) is 22.4 Å². The number of fused-ring (bicyclic) bond motifs is 1. The van der Waals surface area contributed by atoms with Crippen LogP contribution in [0.25, 0.3) is 33.4 Å². The maximum atomic E-state index is 12.7. The van der Waals surface area contributed by atoms with E-state index in [4.69, 9.17) is 5.73 Å². The molecule has 0 bridgehead atoms. The number of nitrogens with two attached hydrogens (primary N) is 1. The molecule has 0 saturated carbocycles. The van der Waals surface area contributed by atoms with Gasteiger partial charge in [0.1, 0.15) is 5.65 Å². The molecule has 2 aromatic carbocycles. The zero-order valence-corrected chi connectivity index (χ0v) is 19.6. The van der Waals surface area contributed by atoms with Crippen LogP contribution in [0.5, 0.6) is 0 Å². The molecule has 0 spiro atoms. The summed E-state index contributed by atoms with van der Waals surface area (Å²) >= 11 is 0. The molecule has 10 nitrogen and oxygen atoms in total. The monoisotopic (exact) mass is 487 g/mol. The minimum Gasteiger partial charge on any atom is -0.369 e. The molecule has 0 fully saturated rings. The zero-order valence-electron chi connectivity index (χ0n) is 17.9. The van der Waals surface area contributed by atoms with Gasteiger partial charge in [0.2, 0.25) is 16.0 Å². The summed E-state index contributed by atoms with van der Waals surface area (Å²) in [5.41, 5.74) is 7.66. The van der Waals surface area contributed by atoms with E-state index in [1.54, 1.807) is 24.3 Å². The van der Waals surface area contributed by atoms with Gasteiger partial charge in [0, 0.05) is 25.9 Å². The average molecular weight is 488 g/mol. The fourth-order valence-electron chi connectivity index (χ4n) is 3.50. The number of hydrogen-bond donors (Lipinski definition) is 3. The van der Waals surface area contributed by atoms with Crippen molar-refractivity contribution in [2.45, 2.75) is 9.79 Å². The molecule has 0 radical (unpaired) electrons. The van der Waals surface area contributed by atoms with Gasteiger partial charge < -0.3 is 10.7 Å². The summed E-state index contributed by atoms with van der Waals surface area (Å²) in [6.45, 7) is 0. The van der Waals surface area contributed by atoms with Gasteiger partial charge in [0.15, 0.2) is 9.84 Å². The normalized spacial score (nSPS) is 12.5. The summed E-state index contributed by atoms with van der Waals surface area (Å²) < 4.78 is 49.6. The van der Waals surface area contributed by atoms with E-state index >= 15 is 0 Å². The molecule has 2 aromatic heterocycles.